The van der Waals surface area contributed by atoms with Crippen molar-refractivity contribution in [1.82, 2.24) is 0 Å². The second-order valence-corrected chi connectivity index (χ2v) is 8.87. The summed E-state index contributed by atoms with van der Waals surface area (Å²) in [6, 6.07) is 20.0. The molecule has 0 atom stereocenters. The van der Waals surface area contributed by atoms with Gasteiger partial charge in [0.05, 0.1) is 23.3 Å². The van der Waals surface area contributed by atoms with Crippen LogP contribution in [0.3, 0.4) is 0 Å². The van der Waals surface area contributed by atoms with Crippen LogP contribution in [0.1, 0.15) is 31.9 Å². The van der Waals surface area contributed by atoms with Gasteiger partial charge in [0, 0.05) is 0 Å². The standard InChI is InChI=1S/C18H17N2P/c1-18(2,3)21(16-8-4-14(12-19)5-9-16)17-10-6-15(13-20)7-11-17/h4-11H,1-3H3. The third-order valence-corrected chi connectivity index (χ3v) is 6.15. The first-order valence-electron chi connectivity index (χ1n) is 6.76. The van der Waals surface area contributed by atoms with E-state index < -0.39 is 7.92 Å². The predicted molar refractivity (Wildman–Crippen MR) is 88.3 cm³/mol. The van der Waals surface area contributed by atoms with Crippen LogP contribution in [-0.2, 0) is 0 Å². The smallest absolute Gasteiger partial charge is 0.0991 e. The van der Waals surface area contributed by atoms with Crippen molar-refractivity contribution in [1.29, 1.82) is 10.5 Å². The molecule has 0 fully saturated rings. The zero-order valence-corrected chi connectivity index (χ0v) is 13.4. The van der Waals surface area contributed by atoms with E-state index in [1.54, 1.807) is 0 Å². The van der Waals surface area contributed by atoms with Gasteiger partial charge < -0.3 is 0 Å². The van der Waals surface area contributed by atoms with Crippen LogP contribution in [0.5, 0.6) is 0 Å². The van der Waals surface area contributed by atoms with Gasteiger partial charge in [0.1, 0.15) is 0 Å². The highest BCUT2D eigenvalue weighted by Crippen LogP contribution is 2.47. The maximum absolute atomic E-state index is 8.93. The van der Waals surface area contributed by atoms with Gasteiger partial charge in [0.15, 0.2) is 0 Å². The second-order valence-electron chi connectivity index (χ2n) is 5.82. The largest absolute Gasteiger partial charge is 0.192 e. The Labute approximate surface area is 127 Å². The summed E-state index contributed by atoms with van der Waals surface area (Å²) in [6.07, 6.45) is 0. The van der Waals surface area contributed by atoms with Crippen molar-refractivity contribution in [3.8, 4) is 12.1 Å². The highest BCUT2D eigenvalue weighted by atomic mass is 31.1. The first kappa shape index (κ1) is 15.2. The van der Waals surface area contributed by atoms with E-state index in [2.05, 4.69) is 32.9 Å². The molecule has 0 spiro atoms. The molecular formula is C18H17N2P. The summed E-state index contributed by atoms with van der Waals surface area (Å²) in [7, 11) is -0.546. The minimum Gasteiger partial charge on any atom is -0.192 e. The Balaban J connectivity index is 2.47. The van der Waals surface area contributed by atoms with Crippen LogP contribution in [0, 0.1) is 22.7 Å². The van der Waals surface area contributed by atoms with Gasteiger partial charge in [-0.2, -0.15) is 10.5 Å². The molecule has 0 N–H and O–H groups in total. The van der Waals surface area contributed by atoms with Crippen LogP contribution in [0.15, 0.2) is 48.5 Å². The molecule has 0 aliphatic carbocycles. The van der Waals surface area contributed by atoms with Crippen molar-refractivity contribution in [3.63, 3.8) is 0 Å². The molecule has 0 radical (unpaired) electrons. The molecule has 2 rings (SSSR count). The average molecular weight is 292 g/mol. The van der Waals surface area contributed by atoms with Crippen LogP contribution in [0.4, 0.5) is 0 Å². The molecule has 0 amide bonds. The minimum absolute atomic E-state index is 0.109. The van der Waals surface area contributed by atoms with Crippen LogP contribution in [0.2, 0.25) is 0 Å². The van der Waals surface area contributed by atoms with E-state index in [0.29, 0.717) is 11.1 Å². The normalized spacial score (nSPS) is 11.0. The van der Waals surface area contributed by atoms with Gasteiger partial charge in [0.25, 0.3) is 0 Å². The maximum Gasteiger partial charge on any atom is 0.0991 e. The van der Waals surface area contributed by atoms with E-state index in [4.69, 9.17) is 10.5 Å². The lowest BCUT2D eigenvalue weighted by Gasteiger charge is -2.32. The summed E-state index contributed by atoms with van der Waals surface area (Å²) >= 11 is 0. The topological polar surface area (TPSA) is 47.6 Å². The SMILES string of the molecule is CC(C)(C)P(c1ccc(C#N)cc1)c1ccc(C#N)cc1. The molecular weight excluding hydrogens is 275 g/mol. The van der Waals surface area contributed by atoms with Crippen molar-refractivity contribution in [2.45, 2.75) is 25.9 Å². The van der Waals surface area contributed by atoms with Crippen molar-refractivity contribution in [2.24, 2.45) is 0 Å². The first-order valence-corrected chi connectivity index (χ1v) is 8.10. The monoisotopic (exact) mass is 292 g/mol. The second kappa shape index (κ2) is 6.09. The molecule has 0 saturated heterocycles. The van der Waals surface area contributed by atoms with Crippen molar-refractivity contribution < 1.29 is 0 Å². The maximum atomic E-state index is 8.93. The van der Waals surface area contributed by atoms with E-state index in [-0.39, 0.29) is 5.16 Å². The molecule has 2 aromatic rings. The Morgan fingerprint density at radius 1 is 0.714 bits per heavy atom. The summed E-state index contributed by atoms with van der Waals surface area (Å²) in [6.45, 7) is 6.69. The van der Waals surface area contributed by atoms with Crippen LogP contribution in [0.25, 0.3) is 0 Å². The van der Waals surface area contributed by atoms with Crippen molar-refractivity contribution in [2.75, 3.05) is 0 Å². The molecule has 2 aromatic carbocycles. The lowest BCUT2D eigenvalue weighted by molar-refractivity contribution is 0.793. The molecule has 104 valence electrons. The fraction of sp³-hybridized carbons (Fsp3) is 0.222. The third-order valence-electron chi connectivity index (χ3n) is 3.18. The van der Waals surface area contributed by atoms with E-state index in [1.807, 2.05) is 48.5 Å². The van der Waals surface area contributed by atoms with Crippen molar-refractivity contribution >= 4 is 18.5 Å². The molecule has 0 aromatic heterocycles. The summed E-state index contributed by atoms with van der Waals surface area (Å²) in [5, 5.41) is 20.5. The zero-order valence-electron chi connectivity index (χ0n) is 12.5. The molecule has 2 nitrogen and oxygen atoms in total. The van der Waals surface area contributed by atoms with Crippen LogP contribution < -0.4 is 10.6 Å². The highest BCUT2D eigenvalue weighted by Gasteiger charge is 2.27. The molecule has 0 aliphatic rings. The predicted octanol–water partition coefficient (Wildman–Crippen LogP) is 3.66. The van der Waals surface area contributed by atoms with Gasteiger partial charge in [-0.1, -0.05) is 45.0 Å². The van der Waals surface area contributed by atoms with Gasteiger partial charge in [-0.25, -0.2) is 0 Å². The Morgan fingerprint density at radius 3 is 1.29 bits per heavy atom. The molecule has 0 saturated carbocycles. The first-order chi connectivity index (χ1) is 9.95. The van der Waals surface area contributed by atoms with E-state index in [0.717, 1.165) is 0 Å². The summed E-state index contributed by atoms with van der Waals surface area (Å²) < 4.78 is 0. The van der Waals surface area contributed by atoms with Gasteiger partial charge >= 0.3 is 0 Å². The van der Waals surface area contributed by atoms with Gasteiger partial charge in [-0.15, -0.1) is 0 Å². The third kappa shape index (κ3) is 3.49. The average Bonchev–Trinajstić information content (AvgIpc) is 2.47. The zero-order chi connectivity index (χ0) is 15.5. The lowest BCUT2D eigenvalue weighted by Crippen LogP contribution is -2.26. The van der Waals surface area contributed by atoms with Gasteiger partial charge in [0.2, 0.25) is 0 Å². The number of benzene rings is 2. The van der Waals surface area contributed by atoms with Crippen LogP contribution >= 0.6 is 7.92 Å². The minimum atomic E-state index is -0.546. The molecule has 3 heteroatoms. The summed E-state index contributed by atoms with van der Waals surface area (Å²) in [4.78, 5) is 0. The van der Waals surface area contributed by atoms with Gasteiger partial charge in [-0.3, -0.25) is 0 Å². The quantitative estimate of drug-likeness (QED) is 0.793. The van der Waals surface area contributed by atoms with Gasteiger partial charge in [-0.05, 0) is 48.0 Å². The molecule has 0 heterocycles. The molecule has 0 unspecified atom stereocenters. The lowest BCUT2D eigenvalue weighted by atomic mass is 10.2. The number of nitriles is 2. The van der Waals surface area contributed by atoms with Crippen molar-refractivity contribution in [3.05, 3.63) is 59.7 Å². The van der Waals surface area contributed by atoms with Crippen LogP contribution in [-0.4, -0.2) is 5.16 Å². The highest BCUT2D eigenvalue weighted by molar-refractivity contribution is 7.74. The molecule has 0 bridgehead atoms. The van der Waals surface area contributed by atoms with E-state index >= 15 is 0 Å². The number of hydrogen-bond donors (Lipinski definition) is 0. The Hall–Kier alpha value is -2.15. The number of nitrogens with zero attached hydrogens (tertiary/aromatic N) is 2. The Kier molecular flexibility index (Phi) is 4.42. The summed E-state index contributed by atoms with van der Waals surface area (Å²) in [5.41, 5.74) is 1.37. The fourth-order valence-electron chi connectivity index (χ4n) is 2.29. The molecule has 21 heavy (non-hydrogen) atoms. The summed E-state index contributed by atoms with van der Waals surface area (Å²) in [5.74, 6) is 0. The fourth-order valence-corrected chi connectivity index (χ4v) is 5.04. The number of rotatable bonds is 2. The number of hydrogen-bond acceptors (Lipinski definition) is 2. The Bertz CT molecular complexity index is 638. The Morgan fingerprint density at radius 2 is 1.05 bits per heavy atom. The molecule has 0 aliphatic heterocycles. The van der Waals surface area contributed by atoms with E-state index in [1.165, 1.54) is 10.6 Å². The van der Waals surface area contributed by atoms with E-state index in [9.17, 15) is 0 Å².